The van der Waals surface area contributed by atoms with Crippen LogP contribution in [0.4, 0.5) is 0 Å². The minimum absolute atomic E-state index is 0.543. The van der Waals surface area contributed by atoms with Crippen LogP contribution in [0.5, 0.6) is 0 Å². The van der Waals surface area contributed by atoms with E-state index in [4.69, 9.17) is 0 Å². The molecule has 1 radical (unpaired) electrons. The summed E-state index contributed by atoms with van der Waals surface area (Å²) in [7, 11) is 0. The fourth-order valence-corrected chi connectivity index (χ4v) is 1.68. The van der Waals surface area contributed by atoms with Crippen LogP contribution in [0.3, 0.4) is 0 Å². The topological polar surface area (TPSA) is 24.1 Å². The Hall–Kier alpha value is -1.02. The van der Waals surface area contributed by atoms with Gasteiger partial charge in [0.25, 0.3) is 0 Å². The molecule has 0 aliphatic carbocycles. The lowest BCUT2D eigenvalue weighted by molar-refractivity contribution is 0.470. The van der Waals surface area contributed by atoms with Crippen molar-refractivity contribution in [1.82, 2.24) is 10.6 Å². The molecular formula is C11H15N2. The second-order valence-electron chi connectivity index (χ2n) is 3.38. The molecule has 1 saturated heterocycles. The lowest BCUT2D eigenvalue weighted by Crippen LogP contribution is -2.29. The predicted molar refractivity (Wildman–Crippen MR) is 54.5 cm³/mol. The zero-order valence-corrected chi connectivity index (χ0v) is 7.66. The maximum atomic E-state index is 3.30. The molecule has 0 aromatic carbocycles. The van der Waals surface area contributed by atoms with E-state index < -0.39 is 0 Å². The largest absolute Gasteiger partial charge is 0.365 e. The van der Waals surface area contributed by atoms with Crippen LogP contribution < -0.4 is 10.6 Å². The first-order chi connectivity index (χ1) is 6.47. The third kappa shape index (κ3) is 2.22. The first-order valence-electron chi connectivity index (χ1n) is 4.83. The molecule has 0 aromatic heterocycles. The van der Waals surface area contributed by atoms with E-state index in [2.05, 4.69) is 29.3 Å². The summed E-state index contributed by atoms with van der Waals surface area (Å²) >= 11 is 0. The van der Waals surface area contributed by atoms with E-state index in [0.29, 0.717) is 5.92 Å². The summed E-state index contributed by atoms with van der Waals surface area (Å²) in [6.07, 6.45) is 12.8. The van der Waals surface area contributed by atoms with E-state index in [1.54, 1.807) is 0 Å². The fraction of sp³-hybridized carbons (Fsp3) is 0.364. The van der Waals surface area contributed by atoms with Crippen molar-refractivity contribution in [3.05, 3.63) is 42.7 Å². The van der Waals surface area contributed by atoms with Gasteiger partial charge >= 0.3 is 0 Å². The van der Waals surface area contributed by atoms with Gasteiger partial charge in [0.1, 0.15) is 0 Å². The Balaban J connectivity index is 2.01. The van der Waals surface area contributed by atoms with Gasteiger partial charge in [-0.2, -0.15) is 0 Å². The van der Waals surface area contributed by atoms with Crippen molar-refractivity contribution < 1.29 is 0 Å². The van der Waals surface area contributed by atoms with Gasteiger partial charge < -0.3 is 10.6 Å². The van der Waals surface area contributed by atoms with E-state index in [-0.39, 0.29) is 0 Å². The van der Waals surface area contributed by atoms with E-state index >= 15 is 0 Å². The van der Waals surface area contributed by atoms with Crippen molar-refractivity contribution >= 4 is 0 Å². The molecule has 2 aliphatic heterocycles. The third-order valence-corrected chi connectivity index (χ3v) is 2.40. The molecule has 2 heteroatoms. The molecule has 0 aromatic rings. The Morgan fingerprint density at radius 3 is 3.08 bits per heavy atom. The highest BCUT2D eigenvalue weighted by Gasteiger charge is 2.16. The summed E-state index contributed by atoms with van der Waals surface area (Å²) in [6, 6.07) is 0. The van der Waals surface area contributed by atoms with Gasteiger partial charge in [-0.1, -0.05) is 12.2 Å². The van der Waals surface area contributed by atoms with Gasteiger partial charge in [-0.15, -0.1) is 0 Å². The molecule has 2 aliphatic rings. The van der Waals surface area contributed by atoms with Gasteiger partial charge in [-0.3, -0.25) is 0 Å². The Labute approximate surface area is 79.4 Å². The molecule has 13 heavy (non-hydrogen) atoms. The van der Waals surface area contributed by atoms with Crippen molar-refractivity contribution in [3.8, 4) is 0 Å². The Bertz CT molecular complexity index is 245. The normalized spacial score (nSPS) is 27.7. The molecule has 0 bridgehead atoms. The van der Waals surface area contributed by atoms with Gasteiger partial charge in [-0.25, -0.2) is 0 Å². The summed E-state index contributed by atoms with van der Waals surface area (Å²) in [5.74, 6) is 0.543. The van der Waals surface area contributed by atoms with Crippen LogP contribution in [0.15, 0.2) is 36.2 Å². The van der Waals surface area contributed by atoms with Crippen LogP contribution in [0.25, 0.3) is 0 Å². The van der Waals surface area contributed by atoms with Gasteiger partial charge in [0.05, 0.1) is 0 Å². The highest BCUT2D eigenvalue weighted by Crippen LogP contribution is 2.20. The minimum atomic E-state index is 0.543. The highest BCUT2D eigenvalue weighted by atomic mass is 14.9. The van der Waals surface area contributed by atoms with Crippen LogP contribution in [-0.2, 0) is 0 Å². The minimum Gasteiger partial charge on any atom is -0.365 e. The average molecular weight is 175 g/mol. The molecule has 1 atom stereocenters. The molecule has 0 amide bonds. The molecule has 69 valence electrons. The van der Waals surface area contributed by atoms with Crippen molar-refractivity contribution in [2.75, 3.05) is 6.54 Å². The van der Waals surface area contributed by atoms with Crippen LogP contribution in [0.2, 0.25) is 0 Å². The Kier molecular flexibility index (Phi) is 2.82. The third-order valence-electron chi connectivity index (χ3n) is 2.40. The summed E-state index contributed by atoms with van der Waals surface area (Å²) in [4.78, 5) is 0. The van der Waals surface area contributed by atoms with E-state index in [1.807, 2.05) is 18.4 Å². The second kappa shape index (κ2) is 4.28. The maximum Gasteiger partial charge on any atom is 0.0310 e. The number of hydrogen-bond donors (Lipinski definition) is 2. The lowest BCUT2D eigenvalue weighted by Gasteiger charge is -2.24. The van der Waals surface area contributed by atoms with Crippen LogP contribution >= 0.6 is 0 Å². The summed E-state index contributed by atoms with van der Waals surface area (Å²) in [5.41, 5.74) is 1.29. The molecule has 1 fully saturated rings. The number of piperidine rings is 1. The van der Waals surface area contributed by atoms with Gasteiger partial charge in [-0.05, 0) is 31.5 Å². The second-order valence-corrected chi connectivity index (χ2v) is 3.38. The lowest BCUT2D eigenvalue weighted by atomic mass is 9.96. The first kappa shape index (κ1) is 8.57. The molecule has 0 saturated carbocycles. The van der Waals surface area contributed by atoms with Crippen LogP contribution in [-0.4, -0.2) is 6.54 Å². The summed E-state index contributed by atoms with van der Waals surface area (Å²) in [6.45, 7) is 3.31. The zero-order chi connectivity index (χ0) is 8.93. The SMILES string of the molecule is [CH]1NCCCC1C1=CC=CC=CN1. The Morgan fingerprint density at radius 2 is 2.23 bits per heavy atom. The van der Waals surface area contributed by atoms with Crippen molar-refractivity contribution in [3.63, 3.8) is 0 Å². The van der Waals surface area contributed by atoms with Crippen LogP contribution in [0, 0.1) is 12.5 Å². The van der Waals surface area contributed by atoms with E-state index in [1.165, 1.54) is 18.5 Å². The number of nitrogens with one attached hydrogen (secondary N) is 2. The molecule has 2 rings (SSSR count). The number of hydrogen-bond acceptors (Lipinski definition) is 2. The van der Waals surface area contributed by atoms with Crippen molar-refractivity contribution in [1.29, 1.82) is 0 Å². The quantitative estimate of drug-likeness (QED) is 0.634. The first-order valence-corrected chi connectivity index (χ1v) is 4.83. The predicted octanol–water partition coefficient (Wildman–Crippen LogP) is 1.70. The Morgan fingerprint density at radius 1 is 1.23 bits per heavy atom. The molecule has 2 heterocycles. The van der Waals surface area contributed by atoms with Crippen molar-refractivity contribution in [2.24, 2.45) is 5.92 Å². The summed E-state index contributed by atoms with van der Waals surface area (Å²) in [5, 5.41) is 6.60. The van der Waals surface area contributed by atoms with Crippen molar-refractivity contribution in [2.45, 2.75) is 12.8 Å². The molecule has 0 spiro atoms. The fourth-order valence-electron chi connectivity index (χ4n) is 1.68. The van der Waals surface area contributed by atoms with E-state index in [9.17, 15) is 0 Å². The zero-order valence-electron chi connectivity index (χ0n) is 7.66. The smallest absolute Gasteiger partial charge is 0.0310 e. The van der Waals surface area contributed by atoms with Gasteiger partial charge in [0.2, 0.25) is 0 Å². The molecule has 2 nitrogen and oxygen atoms in total. The molecule has 1 unspecified atom stereocenters. The van der Waals surface area contributed by atoms with Crippen LogP contribution in [0.1, 0.15) is 12.8 Å². The summed E-state index contributed by atoms with van der Waals surface area (Å²) < 4.78 is 0. The maximum absolute atomic E-state index is 3.30. The highest BCUT2D eigenvalue weighted by molar-refractivity contribution is 5.24. The average Bonchev–Trinajstić information content (AvgIpc) is 2.47. The monoisotopic (exact) mass is 175 g/mol. The standard InChI is InChI=1S/C11H15N2/c1-2-6-11(13-8-3-1)10-5-4-7-12-9-10/h1-3,6,8-10,12-13H,4-5,7H2. The van der Waals surface area contributed by atoms with Gasteiger partial charge in [0.15, 0.2) is 0 Å². The number of allylic oxidation sites excluding steroid dienone is 4. The molecule has 2 N–H and O–H groups in total. The molecular weight excluding hydrogens is 160 g/mol. The number of rotatable bonds is 1. The van der Waals surface area contributed by atoms with E-state index in [0.717, 1.165) is 6.54 Å². The van der Waals surface area contributed by atoms with Gasteiger partial charge in [0, 0.05) is 24.4 Å².